The molecule has 0 aromatic rings. The highest BCUT2D eigenvalue weighted by Crippen LogP contribution is 2.36. The van der Waals surface area contributed by atoms with Gasteiger partial charge in [0.2, 0.25) is 5.91 Å². The zero-order valence-corrected chi connectivity index (χ0v) is 11.2. The molecule has 17 heavy (non-hydrogen) atoms. The second-order valence-corrected chi connectivity index (χ2v) is 5.75. The third-order valence-electron chi connectivity index (χ3n) is 4.65. The summed E-state index contributed by atoms with van der Waals surface area (Å²) in [6.07, 6.45) is 5.42. The van der Waals surface area contributed by atoms with E-state index < -0.39 is 5.54 Å². The van der Waals surface area contributed by atoms with Gasteiger partial charge in [-0.25, -0.2) is 0 Å². The molecule has 1 aliphatic carbocycles. The van der Waals surface area contributed by atoms with E-state index in [9.17, 15) is 4.79 Å². The van der Waals surface area contributed by atoms with Crippen LogP contribution in [0.4, 0.5) is 0 Å². The standard InChI is InChI=1S/C12H21N3O.ClH/c1-14-9-2-3-10(14)8-15(7-4-9)11(16)12(13)5-6-12;/h9-10H,2-8,13H2,1H3;1H. The molecule has 2 bridgehead atoms. The number of likely N-dealkylation sites (N-methyl/N-ethyl adjacent to an activating group) is 1. The van der Waals surface area contributed by atoms with Crippen molar-refractivity contribution in [3.8, 4) is 0 Å². The molecule has 0 aromatic heterocycles. The lowest BCUT2D eigenvalue weighted by atomic mass is 10.1. The third-order valence-corrected chi connectivity index (χ3v) is 4.65. The Labute approximate surface area is 109 Å². The van der Waals surface area contributed by atoms with E-state index in [-0.39, 0.29) is 18.3 Å². The molecule has 2 unspecified atom stereocenters. The number of hydrogen-bond acceptors (Lipinski definition) is 3. The Balaban J connectivity index is 0.00000108. The van der Waals surface area contributed by atoms with Crippen molar-refractivity contribution in [2.24, 2.45) is 5.73 Å². The molecular weight excluding hydrogens is 238 g/mol. The number of nitrogens with zero attached hydrogens (tertiary/aromatic N) is 2. The quantitative estimate of drug-likeness (QED) is 0.750. The summed E-state index contributed by atoms with van der Waals surface area (Å²) >= 11 is 0. The fourth-order valence-electron chi connectivity index (χ4n) is 3.16. The van der Waals surface area contributed by atoms with Crippen molar-refractivity contribution < 1.29 is 4.79 Å². The van der Waals surface area contributed by atoms with Crippen LogP contribution in [0.1, 0.15) is 32.1 Å². The van der Waals surface area contributed by atoms with Crippen LogP contribution in [0.5, 0.6) is 0 Å². The zero-order valence-electron chi connectivity index (χ0n) is 10.4. The van der Waals surface area contributed by atoms with E-state index in [1.807, 2.05) is 4.90 Å². The van der Waals surface area contributed by atoms with E-state index in [0.29, 0.717) is 12.1 Å². The van der Waals surface area contributed by atoms with Crippen molar-refractivity contribution in [1.82, 2.24) is 9.80 Å². The molecule has 1 amide bonds. The van der Waals surface area contributed by atoms with Gasteiger partial charge in [0, 0.05) is 25.2 Å². The molecule has 1 saturated carbocycles. The van der Waals surface area contributed by atoms with Gasteiger partial charge in [0.1, 0.15) is 0 Å². The number of carbonyl (C=O) groups is 1. The molecule has 0 aromatic carbocycles. The van der Waals surface area contributed by atoms with Crippen LogP contribution in [0.2, 0.25) is 0 Å². The molecule has 5 heteroatoms. The van der Waals surface area contributed by atoms with Gasteiger partial charge in [0.15, 0.2) is 0 Å². The maximum atomic E-state index is 12.2. The van der Waals surface area contributed by atoms with Crippen LogP contribution < -0.4 is 5.73 Å². The average molecular weight is 260 g/mol. The van der Waals surface area contributed by atoms with Crippen molar-refractivity contribution in [3.63, 3.8) is 0 Å². The summed E-state index contributed by atoms with van der Waals surface area (Å²) < 4.78 is 0. The van der Waals surface area contributed by atoms with Gasteiger partial charge in [0.05, 0.1) is 5.54 Å². The summed E-state index contributed by atoms with van der Waals surface area (Å²) in [6.45, 7) is 1.80. The van der Waals surface area contributed by atoms with E-state index in [1.165, 1.54) is 12.8 Å². The first-order valence-electron chi connectivity index (χ1n) is 6.40. The molecule has 2 atom stereocenters. The SMILES string of the molecule is CN1C2CCC1CN(C(=O)C1(N)CC1)CC2.Cl. The van der Waals surface area contributed by atoms with Crippen LogP contribution >= 0.6 is 12.4 Å². The summed E-state index contributed by atoms with van der Waals surface area (Å²) in [5, 5.41) is 0. The molecule has 2 heterocycles. The van der Waals surface area contributed by atoms with E-state index in [0.717, 1.165) is 32.4 Å². The molecule has 2 N–H and O–H groups in total. The zero-order chi connectivity index (χ0) is 11.3. The van der Waals surface area contributed by atoms with Crippen molar-refractivity contribution in [2.75, 3.05) is 20.1 Å². The normalized spacial score (nSPS) is 35.1. The van der Waals surface area contributed by atoms with Gasteiger partial charge in [-0.3, -0.25) is 9.69 Å². The summed E-state index contributed by atoms with van der Waals surface area (Å²) in [7, 11) is 2.20. The van der Waals surface area contributed by atoms with Gasteiger partial charge in [-0.05, 0) is 39.2 Å². The lowest BCUT2D eigenvalue weighted by molar-refractivity contribution is -0.133. The predicted octanol–water partition coefficient (Wildman–Crippen LogP) is 0.595. The van der Waals surface area contributed by atoms with Crippen molar-refractivity contribution in [1.29, 1.82) is 0 Å². The van der Waals surface area contributed by atoms with Crippen LogP contribution in [-0.2, 0) is 4.79 Å². The van der Waals surface area contributed by atoms with Crippen LogP contribution in [0.25, 0.3) is 0 Å². The Hall–Kier alpha value is -0.320. The summed E-state index contributed by atoms with van der Waals surface area (Å²) in [5.74, 6) is 0.202. The van der Waals surface area contributed by atoms with Crippen molar-refractivity contribution >= 4 is 18.3 Å². The third kappa shape index (κ3) is 2.18. The number of likely N-dealkylation sites (tertiary alicyclic amines) is 1. The molecule has 98 valence electrons. The second kappa shape index (κ2) is 4.41. The fourth-order valence-corrected chi connectivity index (χ4v) is 3.16. The first-order valence-corrected chi connectivity index (χ1v) is 6.40. The predicted molar refractivity (Wildman–Crippen MR) is 69.2 cm³/mol. The molecule has 3 rings (SSSR count). The smallest absolute Gasteiger partial charge is 0.242 e. The number of rotatable bonds is 1. The molecule has 2 aliphatic heterocycles. The Morgan fingerprint density at radius 3 is 2.53 bits per heavy atom. The van der Waals surface area contributed by atoms with Gasteiger partial charge in [-0.2, -0.15) is 0 Å². The Kier molecular flexibility index (Phi) is 3.40. The fraction of sp³-hybridized carbons (Fsp3) is 0.917. The lowest BCUT2D eigenvalue weighted by Gasteiger charge is -2.28. The maximum Gasteiger partial charge on any atom is 0.242 e. The highest BCUT2D eigenvalue weighted by molar-refractivity contribution is 5.89. The van der Waals surface area contributed by atoms with Crippen LogP contribution in [0.3, 0.4) is 0 Å². The highest BCUT2D eigenvalue weighted by atomic mass is 35.5. The van der Waals surface area contributed by atoms with E-state index in [4.69, 9.17) is 5.73 Å². The van der Waals surface area contributed by atoms with Crippen molar-refractivity contribution in [3.05, 3.63) is 0 Å². The van der Waals surface area contributed by atoms with E-state index in [1.54, 1.807) is 0 Å². The molecular formula is C12H22ClN3O. The van der Waals surface area contributed by atoms with Gasteiger partial charge in [0.25, 0.3) is 0 Å². The summed E-state index contributed by atoms with van der Waals surface area (Å²) in [6, 6.07) is 1.26. The molecule has 4 nitrogen and oxygen atoms in total. The van der Waals surface area contributed by atoms with E-state index >= 15 is 0 Å². The van der Waals surface area contributed by atoms with Crippen LogP contribution in [-0.4, -0.2) is 53.5 Å². The number of hydrogen-bond donors (Lipinski definition) is 1. The molecule has 3 fully saturated rings. The van der Waals surface area contributed by atoms with Gasteiger partial charge in [-0.15, -0.1) is 12.4 Å². The number of amides is 1. The molecule has 0 spiro atoms. The monoisotopic (exact) mass is 259 g/mol. The minimum absolute atomic E-state index is 0. The van der Waals surface area contributed by atoms with Crippen LogP contribution in [0.15, 0.2) is 0 Å². The Morgan fingerprint density at radius 1 is 1.24 bits per heavy atom. The molecule has 0 radical (unpaired) electrons. The molecule has 3 aliphatic rings. The minimum Gasteiger partial charge on any atom is -0.339 e. The number of carbonyl (C=O) groups excluding carboxylic acids is 1. The number of nitrogens with two attached hydrogens (primary N) is 1. The van der Waals surface area contributed by atoms with E-state index in [2.05, 4.69) is 11.9 Å². The Bertz CT molecular complexity index is 319. The minimum atomic E-state index is -0.484. The Morgan fingerprint density at radius 2 is 1.88 bits per heavy atom. The van der Waals surface area contributed by atoms with Gasteiger partial charge >= 0.3 is 0 Å². The van der Waals surface area contributed by atoms with Crippen LogP contribution in [0, 0.1) is 0 Å². The topological polar surface area (TPSA) is 49.6 Å². The number of halogens is 1. The highest BCUT2D eigenvalue weighted by Gasteiger charge is 2.49. The first kappa shape index (κ1) is 13.1. The van der Waals surface area contributed by atoms with Crippen molar-refractivity contribution in [2.45, 2.75) is 49.7 Å². The number of fused-ring (bicyclic) bond motifs is 2. The average Bonchev–Trinajstić information content (AvgIpc) is 2.91. The largest absolute Gasteiger partial charge is 0.339 e. The second-order valence-electron chi connectivity index (χ2n) is 5.75. The first-order chi connectivity index (χ1) is 7.60. The lowest BCUT2D eigenvalue weighted by Crippen LogP contribution is -2.48. The van der Waals surface area contributed by atoms with Gasteiger partial charge in [-0.1, -0.05) is 0 Å². The summed E-state index contributed by atoms with van der Waals surface area (Å²) in [4.78, 5) is 16.7. The molecule has 2 saturated heterocycles. The summed E-state index contributed by atoms with van der Waals surface area (Å²) in [5.41, 5.74) is 5.52. The maximum absolute atomic E-state index is 12.2. The van der Waals surface area contributed by atoms with Gasteiger partial charge < -0.3 is 10.6 Å².